The first-order valence-electron chi connectivity index (χ1n) is 9.67. The van der Waals surface area contributed by atoms with Gasteiger partial charge in [0.2, 0.25) is 0 Å². The quantitative estimate of drug-likeness (QED) is 0.537. The zero-order chi connectivity index (χ0) is 23.1. The molecule has 0 saturated carbocycles. The lowest BCUT2D eigenvalue weighted by molar-refractivity contribution is -0.121. The predicted octanol–water partition coefficient (Wildman–Crippen LogP) is 0.315. The molecular weight excluding hydrogens is 406 g/mol. The first-order valence-corrected chi connectivity index (χ1v) is 9.67. The smallest absolute Gasteiger partial charge is 0.340 e. The molecule has 0 bridgehead atoms. The van der Waals surface area contributed by atoms with E-state index in [1.807, 2.05) is 13.8 Å². The normalized spacial score (nSPS) is 10.9. The summed E-state index contributed by atoms with van der Waals surface area (Å²) in [6, 6.07) is 3.17. The Hall–Kier alpha value is -3.47. The number of carbonyl (C=O) groups is 2. The van der Waals surface area contributed by atoms with Crippen molar-refractivity contribution < 1.29 is 19.1 Å². The number of hydrogen-bond donors (Lipinski definition) is 2. The monoisotopic (exact) mass is 433 g/mol. The molecule has 168 valence electrons. The molecule has 0 spiro atoms. The molecule has 0 aromatic carbocycles. The van der Waals surface area contributed by atoms with E-state index in [1.54, 1.807) is 13.0 Å². The standard InChI is InChI=1S/C20H27N5O6/c1-12(2)10-25-17(21)16(18(27)23-20(25)29)24(7-8-30-4)15(26)11-31-19(28)14-6-5-13(3)22-9-14/h5-6,9,12H,7-8,10-11,21H2,1-4H3,(H,23,27,29). The zero-order valence-electron chi connectivity index (χ0n) is 18.0. The van der Waals surface area contributed by atoms with Gasteiger partial charge in [-0.3, -0.25) is 29.0 Å². The van der Waals surface area contributed by atoms with Gasteiger partial charge in [-0.25, -0.2) is 9.59 Å². The number of nitrogen functional groups attached to an aromatic ring is 1. The lowest BCUT2D eigenvalue weighted by atomic mass is 10.2. The highest BCUT2D eigenvalue weighted by molar-refractivity contribution is 5.98. The number of aromatic nitrogens is 3. The first kappa shape index (κ1) is 23.8. The van der Waals surface area contributed by atoms with Crippen LogP contribution in [0.3, 0.4) is 0 Å². The van der Waals surface area contributed by atoms with Crippen molar-refractivity contribution in [3.8, 4) is 0 Å². The molecule has 11 nitrogen and oxygen atoms in total. The molecule has 0 atom stereocenters. The van der Waals surface area contributed by atoms with Gasteiger partial charge in [-0.15, -0.1) is 0 Å². The van der Waals surface area contributed by atoms with E-state index >= 15 is 0 Å². The molecule has 0 saturated heterocycles. The van der Waals surface area contributed by atoms with E-state index < -0.39 is 29.7 Å². The van der Waals surface area contributed by atoms with Gasteiger partial charge in [0, 0.05) is 32.1 Å². The number of nitrogens with one attached hydrogen (secondary N) is 1. The van der Waals surface area contributed by atoms with Crippen LogP contribution in [0.5, 0.6) is 0 Å². The van der Waals surface area contributed by atoms with Gasteiger partial charge in [0.25, 0.3) is 11.5 Å². The molecular formula is C20H27N5O6. The number of aromatic amines is 1. The second-order valence-corrected chi connectivity index (χ2v) is 7.30. The summed E-state index contributed by atoms with van der Waals surface area (Å²) in [4.78, 5) is 57.0. The van der Waals surface area contributed by atoms with E-state index in [4.69, 9.17) is 15.2 Å². The summed E-state index contributed by atoms with van der Waals surface area (Å²) >= 11 is 0. The highest BCUT2D eigenvalue weighted by atomic mass is 16.5. The Balaban J connectivity index is 2.31. The number of amides is 1. The number of pyridine rings is 1. The molecule has 2 aromatic rings. The Kier molecular flexibility index (Phi) is 8.08. The van der Waals surface area contributed by atoms with Crippen molar-refractivity contribution in [1.82, 2.24) is 14.5 Å². The van der Waals surface area contributed by atoms with Gasteiger partial charge in [-0.05, 0) is 25.0 Å². The number of methoxy groups -OCH3 is 1. The topological polar surface area (TPSA) is 150 Å². The minimum absolute atomic E-state index is 0.0356. The molecule has 2 rings (SSSR count). The van der Waals surface area contributed by atoms with Crippen LogP contribution in [0.4, 0.5) is 11.5 Å². The lowest BCUT2D eigenvalue weighted by Gasteiger charge is -2.24. The van der Waals surface area contributed by atoms with Gasteiger partial charge in [-0.1, -0.05) is 13.8 Å². The van der Waals surface area contributed by atoms with Crippen LogP contribution in [0.15, 0.2) is 27.9 Å². The zero-order valence-corrected chi connectivity index (χ0v) is 18.0. The van der Waals surface area contributed by atoms with Gasteiger partial charge in [0.1, 0.15) is 5.82 Å². The van der Waals surface area contributed by atoms with Gasteiger partial charge in [0.05, 0.1) is 12.2 Å². The Morgan fingerprint density at radius 3 is 2.58 bits per heavy atom. The average Bonchev–Trinajstić information content (AvgIpc) is 2.71. The fourth-order valence-corrected chi connectivity index (χ4v) is 2.81. The number of nitrogens with zero attached hydrogens (tertiary/aromatic N) is 3. The molecule has 11 heteroatoms. The molecule has 0 fully saturated rings. The van der Waals surface area contributed by atoms with Crippen molar-refractivity contribution in [2.45, 2.75) is 27.3 Å². The van der Waals surface area contributed by atoms with Crippen LogP contribution in [-0.2, 0) is 20.8 Å². The van der Waals surface area contributed by atoms with E-state index in [-0.39, 0.29) is 42.7 Å². The SMILES string of the molecule is COCCN(C(=O)COC(=O)c1ccc(C)nc1)c1c(N)n(CC(C)C)c(=O)[nH]c1=O. The fraction of sp³-hybridized carbons (Fsp3) is 0.450. The summed E-state index contributed by atoms with van der Waals surface area (Å²) in [5, 5.41) is 0. The Bertz CT molecular complexity index is 1040. The molecule has 2 aromatic heterocycles. The predicted molar refractivity (Wildman–Crippen MR) is 114 cm³/mol. The van der Waals surface area contributed by atoms with E-state index in [2.05, 4.69) is 9.97 Å². The van der Waals surface area contributed by atoms with Crippen molar-refractivity contribution >= 4 is 23.4 Å². The number of H-pyrrole nitrogens is 1. The first-order chi connectivity index (χ1) is 14.6. The highest BCUT2D eigenvalue weighted by Crippen LogP contribution is 2.18. The molecule has 0 aliphatic heterocycles. The maximum Gasteiger partial charge on any atom is 0.340 e. The summed E-state index contributed by atoms with van der Waals surface area (Å²) < 4.78 is 11.3. The van der Waals surface area contributed by atoms with Crippen LogP contribution >= 0.6 is 0 Å². The van der Waals surface area contributed by atoms with Crippen LogP contribution in [-0.4, -0.2) is 53.3 Å². The van der Waals surface area contributed by atoms with E-state index in [0.29, 0.717) is 0 Å². The molecule has 0 radical (unpaired) electrons. The number of rotatable bonds is 9. The number of carbonyl (C=O) groups excluding carboxylic acids is 2. The van der Waals surface area contributed by atoms with Gasteiger partial charge in [-0.2, -0.15) is 0 Å². The molecule has 2 heterocycles. The number of nitrogens with two attached hydrogens (primary N) is 1. The third-order valence-corrected chi connectivity index (χ3v) is 4.33. The van der Waals surface area contributed by atoms with Gasteiger partial charge in [0.15, 0.2) is 12.3 Å². The number of ether oxygens (including phenoxy) is 2. The van der Waals surface area contributed by atoms with E-state index in [0.717, 1.165) is 10.6 Å². The van der Waals surface area contributed by atoms with Crippen molar-refractivity contribution in [3.05, 3.63) is 50.4 Å². The number of esters is 1. The molecule has 3 N–H and O–H groups in total. The maximum absolute atomic E-state index is 12.8. The molecule has 1 amide bonds. The van der Waals surface area contributed by atoms with E-state index in [1.165, 1.54) is 23.9 Å². The number of anilines is 2. The second kappa shape index (κ2) is 10.5. The summed E-state index contributed by atoms with van der Waals surface area (Å²) in [5.41, 5.74) is 5.32. The van der Waals surface area contributed by atoms with Crippen molar-refractivity contribution in [2.24, 2.45) is 5.92 Å². The Morgan fingerprint density at radius 2 is 2.00 bits per heavy atom. The summed E-state index contributed by atoms with van der Waals surface area (Å²) in [6.07, 6.45) is 1.34. The van der Waals surface area contributed by atoms with Gasteiger partial charge >= 0.3 is 11.7 Å². The summed E-state index contributed by atoms with van der Waals surface area (Å²) in [7, 11) is 1.43. The van der Waals surface area contributed by atoms with Crippen molar-refractivity contribution in [1.29, 1.82) is 0 Å². The fourth-order valence-electron chi connectivity index (χ4n) is 2.81. The molecule has 0 aliphatic rings. The minimum Gasteiger partial charge on any atom is -0.452 e. The summed E-state index contributed by atoms with van der Waals surface area (Å²) in [6.45, 7) is 5.19. The molecule has 0 unspecified atom stereocenters. The van der Waals surface area contributed by atoms with Crippen LogP contribution in [0.1, 0.15) is 29.9 Å². The van der Waals surface area contributed by atoms with Crippen LogP contribution < -0.4 is 21.9 Å². The molecule has 31 heavy (non-hydrogen) atoms. The third-order valence-electron chi connectivity index (χ3n) is 4.33. The Morgan fingerprint density at radius 1 is 1.29 bits per heavy atom. The van der Waals surface area contributed by atoms with Crippen LogP contribution in [0.25, 0.3) is 0 Å². The lowest BCUT2D eigenvalue weighted by Crippen LogP contribution is -2.44. The number of aryl methyl sites for hydroxylation is 1. The molecule has 0 aliphatic carbocycles. The van der Waals surface area contributed by atoms with Crippen molar-refractivity contribution in [2.75, 3.05) is 37.5 Å². The van der Waals surface area contributed by atoms with Gasteiger partial charge < -0.3 is 15.2 Å². The highest BCUT2D eigenvalue weighted by Gasteiger charge is 2.25. The summed E-state index contributed by atoms with van der Waals surface area (Å²) in [5.74, 6) is -1.52. The van der Waals surface area contributed by atoms with E-state index in [9.17, 15) is 19.2 Å². The average molecular weight is 433 g/mol. The number of hydrogen-bond acceptors (Lipinski definition) is 8. The van der Waals surface area contributed by atoms with Crippen LogP contribution in [0, 0.1) is 12.8 Å². The maximum atomic E-state index is 12.8. The van der Waals surface area contributed by atoms with Crippen molar-refractivity contribution in [3.63, 3.8) is 0 Å². The second-order valence-electron chi connectivity index (χ2n) is 7.30. The Labute approximate surface area is 178 Å². The third kappa shape index (κ3) is 6.01. The van der Waals surface area contributed by atoms with Crippen LogP contribution in [0.2, 0.25) is 0 Å². The largest absolute Gasteiger partial charge is 0.452 e. The minimum atomic E-state index is -0.818.